The van der Waals surface area contributed by atoms with Crippen LogP contribution in [-0.4, -0.2) is 34.8 Å². The van der Waals surface area contributed by atoms with E-state index in [1.165, 1.54) is 0 Å². The first-order chi connectivity index (χ1) is 9.38. The molecule has 4 heteroatoms. The number of carbonyl (C=O) groups excluding carboxylic acids is 2. The smallest absolute Gasteiger partial charge is 0.246 e. The van der Waals surface area contributed by atoms with Crippen LogP contribution in [0.1, 0.15) is 60.8 Å². The Bertz CT molecular complexity index is 350. The maximum absolute atomic E-state index is 12.7. The summed E-state index contributed by atoms with van der Waals surface area (Å²) < 4.78 is 0. The minimum atomic E-state index is -0.352. The Balaban J connectivity index is 3.11. The van der Waals surface area contributed by atoms with Gasteiger partial charge < -0.3 is 10.2 Å². The molecule has 0 aromatic carbocycles. The van der Waals surface area contributed by atoms with E-state index in [2.05, 4.69) is 26.1 Å². The fourth-order valence-electron chi connectivity index (χ4n) is 3.31. The zero-order valence-corrected chi connectivity index (χ0v) is 13.8. The molecule has 2 amide bonds. The molecule has 0 aromatic rings. The predicted molar refractivity (Wildman–Crippen MR) is 81.2 cm³/mol. The Morgan fingerprint density at radius 3 is 2.05 bits per heavy atom. The van der Waals surface area contributed by atoms with Crippen LogP contribution in [0.25, 0.3) is 0 Å². The average molecular weight is 282 g/mol. The second kappa shape index (κ2) is 7.09. The van der Waals surface area contributed by atoms with E-state index in [0.29, 0.717) is 12.3 Å². The molecule has 1 N–H and O–H groups in total. The van der Waals surface area contributed by atoms with Crippen molar-refractivity contribution in [2.75, 3.05) is 0 Å². The number of hydrogen-bond acceptors (Lipinski definition) is 2. The lowest BCUT2D eigenvalue weighted by molar-refractivity contribution is -0.155. The standard InChI is InChI=1S/C16H30N2O2/c1-7-12(8-2)11(6)18-14(10(4)5)15(19)17-13(9-3)16(18)20/h10-14H,7-9H2,1-6H3,(H,17,19). The first kappa shape index (κ1) is 17.0. The number of nitrogens with one attached hydrogen (secondary N) is 1. The average Bonchev–Trinajstić information content (AvgIpc) is 2.41. The third-order valence-electron chi connectivity index (χ3n) is 4.65. The third-order valence-corrected chi connectivity index (χ3v) is 4.65. The molecule has 1 aliphatic rings. The second-order valence-corrected chi connectivity index (χ2v) is 6.22. The molecule has 20 heavy (non-hydrogen) atoms. The normalized spacial score (nSPS) is 25.3. The summed E-state index contributed by atoms with van der Waals surface area (Å²) in [5.41, 5.74) is 0. The van der Waals surface area contributed by atoms with Gasteiger partial charge in [-0.1, -0.05) is 47.5 Å². The zero-order chi connectivity index (χ0) is 15.4. The van der Waals surface area contributed by atoms with E-state index in [4.69, 9.17) is 0 Å². The summed E-state index contributed by atoms with van der Waals surface area (Å²) in [4.78, 5) is 26.9. The molecule has 3 unspecified atom stereocenters. The van der Waals surface area contributed by atoms with E-state index < -0.39 is 0 Å². The Morgan fingerprint density at radius 1 is 1.10 bits per heavy atom. The van der Waals surface area contributed by atoms with Gasteiger partial charge in [0, 0.05) is 6.04 Å². The molecular formula is C16H30N2O2. The largest absolute Gasteiger partial charge is 0.343 e. The fourth-order valence-corrected chi connectivity index (χ4v) is 3.31. The zero-order valence-electron chi connectivity index (χ0n) is 13.8. The maximum atomic E-state index is 12.7. The molecule has 0 spiro atoms. The highest BCUT2D eigenvalue weighted by atomic mass is 16.2. The lowest BCUT2D eigenvalue weighted by Gasteiger charge is -2.46. The van der Waals surface area contributed by atoms with Crippen LogP contribution in [0.2, 0.25) is 0 Å². The molecule has 1 heterocycles. The molecule has 1 fully saturated rings. The van der Waals surface area contributed by atoms with Crippen molar-refractivity contribution in [3.8, 4) is 0 Å². The second-order valence-electron chi connectivity index (χ2n) is 6.22. The summed E-state index contributed by atoms with van der Waals surface area (Å²) >= 11 is 0. The van der Waals surface area contributed by atoms with Gasteiger partial charge in [0.15, 0.2) is 0 Å². The predicted octanol–water partition coefficient (Wildman–Crippen LogP) is 2.57. The third kappa shape index (κ3) is 3.15. The van der Waals surface area contributed by atoms with E-state index >= 15 is 0 Å². The van der Waals surface area contributed by atoms with Crippen LogP contribution in [0.4, 0.5) is 0 Å². The molecule has 1 aliphatic heterocycles. The van der Waals surface area contributed by atoms with Gasteiger partial charge in [-0.25, -0.2) is 0 Å². The van der Waals surface area contributed by atoms with Crippen molar-refractivity contribution in [1.29, 1.82) is 0 Å². The van der Waals surface area contributed by atoms with Gasteiger partial charge in [-0.05, 0) is 25.2 Å². The van der Waals surface area contributed by atoms with Crippen LogP contribution in [-0.2, 0) is 9.59 Å². The van der Waals surface area contributed by atoms with Gasteiger partial charge in [0.1, 0.15) is 12.1 Å². The number of piperazine rings is 1. The molecular weight excluding hydrogens is 252 g/mol. The maximum Gasteiger partial charge on any atom is 0.246 e. The highest BCUT2D eigenvalue weighted by molar-refractivity contribution is 5.97. The molecule has 0 saturated carbocycles. The van der Waals surface area contributed by atoms with Gasteiger partial charge in [-0.15, -0.1) is 0 Å². The van der Waals surface area contributed by atoms with Crippen LogP contribution in [0, 0.1) is 11.8 Å². The van der Waals surface area contributed by atoms with E-state index in [1.807, 2.05) is 25.7 Å². The number of amides is 2. The van der Waals surface area contributed by atoms with Crippen molar-refractivity contribution in [3.05, 3.63) is 0 Å². The van der Waals surface area contributed by atoms with Gasteiger partial charge >= 0.3 is 0 Å². The van der Waals surface area contributed by atoms with Crippen LogP contribution in [0.3, 0.4) is 0 Å². The number of rotatable bonds is 6. The van der Waals surface area contributed by atoms with Crippen LogP contribution in [0.15, 0.2) is 0 Å². The minimum absolute atomic E-state index is 0.00394. The first-order valence-electron chi connectivity index (χ1n) is 8.01. The van der Waals surface area contributed by atoms with Crippen LogP contribution >= 0.6 is 0 Å². The van der Waals surface area contributed by atoms with E-state index in [1.54, 1.807) is 0 Å². The van der Waals surface area contributed by atoms with Crippen molar-refractivity contribution in [1.82, 2.24) is 10.2 Å². The number of hydrogen-bond donors (Lipinski definition) is 1. The summed E-state index contributed by atoms with van der Waals surface area (Å²) in [5.74, 6) is 0.673. The molecule has 0 aliphatic carbocycles. The molecule has 116 valence electrons. The molecule has 0 bridgehead atoms. The monoisotopic (exact) mass is 282 g/mol. The number of carbonyl (C=O) groups is 2. The summed E-state index contributed by atoms with van der Waals surface area (Å²) in [6.07, 6.45) is 2.72. The van der Waals surface area contributed by atoms with Crippen molar-refractivity contribution in [2.24, 2.45) is 11.8 Å². The molecule has 0 radical (unpaired) electrons. The molecule has 1 rings (SSSR count). The Hall–Kier alpha value is -1.06. The van der Waals surface area contributed by atoms with Crippen LogP contribution < -0.4 is 5.32 Å². The van der Waals surface area contributed by atoms with Crippen molar-refractivity contribution in [2.45, 2.75) is 78.9 Å². The van der Waals surface area contributed by atoms with E-state index in [9.17, 15) is 9.59 Å². The van der Waals surface area contributed by atoms with E-state index in [-0.39, 0.29) is 35.9 Å². The minimum Gasteiger partial charge on any atom is -0.343 e. The van der Waals surface area contributed by atoms with Gasteiger partial charge in [-0.2, -0.15) is 0 Å². The van der Waals surface area contributed by atoms with Gasteiger partial charge in [-0.3, -0.25) is 9.59 Å². The molecule has 1 saturated heterocycles. The SMILES string of the molecule is CCC1NC(=O)C(C(C)C)N(C(C)C(CC)CC)C1=O. The Kier molecular flexibility index (Phi) is 6.03. The Labute approximate surface area is 123 Å². The van der Waals surface area contributed by atoms with Crippen molar-refractivity contribution < 1.29 is 9.59 Å². The van der Waals surface area contributed by atoms with Gasteiger partial charge in [0.05, 0.1) is 0 Å². The molecule has 0 aromatic heterocycles. The highest BCUT2D eigenvalue weighted by Gasteiger charge is 2.44. The number of nitrogens with zero attached hydrogens (tertiary/aromatic N) is 1. The quantitative estimate of drug-likeness (QED) is 0.814. The lowest BCUT2D eigenvalue weighted by atomic mass is 9.88. The lowest BCUT2D eigenvalue weighted by Crippen LogP contribution is -2.67. The fraction of sp³-hybridized carbons (Fsp3) is 0.875. The molecule has 4 nitrogen and oxygen atoms in total. The summed E-state index contributed by atoms with van der Waals surface area (Å²) in [5, 5.41) is 2.88. The van der Waals surface area contributed by atoms with Crippen LogP contribution in [0.5, 0.6) is 0 Å². The summed E-state index contributed by atoms with van der Waals surface area (Å²) in [6, 6.07) is -0.569. The first-order valence-corrected chi connectivity index (χ1v) is 8.01. The summed E-state index contributed by atoms with van der Waals surface area (Å²) in [7, 11) is 0. The summed E-state index contributed by atoms with van der Waals surface area (Å²) in [6.45, 7) is 12.4. The Morgan fingerprint density at radius 2 is 1.65 bits per heavy atom. The van der Waals surface area contributed by atoms with Crippen molar-refractivity contribution >= 4 is 11.8 Å². The highest BCUT2D eigenvalue weighted by Crippen LogP contribution is 2.27. The van der Waals surface area contributed by atoms with E-state index in [0.717, 1.165) is 12.8 Å². The van der Waals surface area contributed by atoms with Gasteiger partial charge in [0.2, 0.25) is 11.8 Å². The van der Waals surface area contributed by atoms with Gasteiger partial charge in [0.25, 0.3) is 0 Å². The molecule has 3 atom stereocenters. The topological polar surface area (TPSA) is 49.4 Å². The van der Waals surface area contributed by atoms with Crippen molar-refractivity contribution in [3.63, 3.8) is 0 Å².